The number of aliphatic hydroxyl groups excluding tert-OH is 1. The van der Waals surface area contributed by atoms with Gasteiger partial charge < -0.3 is 16.2 Å². The fraction of sp³-hybridized carbons (Fsp3) is 0.417. The molecule has 4 N–H and O–H groups in total. The summed E-state index contributed by atoms with van der Waals surface area (Å²) >= 11 is 0. The molecule has 0 bridgehead atoms. The number of nitrogens with zero attached hydrogens (tertiary/aromatic N) is 1. The van der Waals surface area contributed by atoms with E-state index in [2.05, 4.69) is 10.3 Å². The minimum absolute atomic E-state index is 0.241. The van der Waals surface area contributed by atoms with Gasteiger partial charge >= 0.3 is 0 Å². The number of nitrogens with one attached hydrogen (secondary N) is 1. The van der Waals surface area contributed by atoms with E-state index < -0.39 is 0 Å². The maximum absolute atomic E-state index is 9.64. The lowest BCUT2D eigenvalue weighted by Gasteiger charge is -2.00. The van der Waals surface area contributed by atoms with Crippen molar-refractivity contribution in [1.82, 2.24) is 5.32 Å². The average molecular weight is 223 g/mol. The van der Waals surface area contributed by atoms with E-state index in [9.17, 15) is 5.11 Å². The number of rotatable bonds is 6. The Balaban J connectivity index is 4.93. The first-order chi connectivity index (χ1) is 7.65. The van der Waals surface area contributed by atoms with Crippen molar-refractivity contribution in [3.8, 4) is 0 Å². The molecular weight excluding hydrogens is 202 g/mol. The third-order valence-electron chi connectivity index (χ3n) is 1.81. The van der Waals surface area contributed by atoms with Crippen LogP contribution in [0.1, 0.15) is 26.7 Å². The van der Waals surface area contributed by atoms with Gasteiger partial charge in [0.05, 0.1) is 0 Å². The SMILES string of the molecule is CC/C=C\C(N=C(N)/C=C\NC)=C(O)CC. The van der Waals surface area contributed by atoms with Gasteiger partial charge in [0.25, 0.3) is 0 Å². The van der Waals surface area contributed by atoms with Gasteiger partial charge in [-0.15, -0.1) is 0 Å². The van der Waals surface area contributed by atoms with E-state index in [0.717, 1.165) is 6.42 Å². The van der Waals surface area contributed by atoms with Crippen LogP contribution in [0.4, 0.5) is 0 Å². The van der Waals surface area contributed by atoms with E-state index in [4.69, 9.17) is 5.73 Å². The van der Waals surface area contributed by atoms with Gasteiger partial charge in [-0.25, -0.2) is 4.99 Å². The van der Waals surface area contributed by atoms with Crippen molar-refractivity contribution in [3.63, 3.8) is 0 Å². The fourth-order valence-corrected chi connectivity index (χ4v) is 0.954. The Morgan fingerprint density at radius 2 is 2.06 bits per heavy atom. The van der Waals surface area contributed by atoms with Gasteiger partial charge in [0.2, 0.25) is 0 Å². The molecule has 0 spiro atoms. The largest absolute Gasteiger partial charge is 0.510 e. The van der Waals surface area contributed by atoms with Crippen LogP contribution in [0.2, 0.25) is 0 Å². The lowest BCUT2D eigenvalue weighted by atomic mass is 10.2. The van der Waals surface area contributed by atoms with Crippen molar-refractivity contribution in [3.05, 3.63) is 35.9 Å². The third kappa shape index (κ3) is 5.90. The first-order valence-corrected chi connectivity index (χ1v) is 5.42. The molecule has 0 aromatic rings. The Hall–Kier alpha value is -1.71. The van der Waals surface area contributed by atoms with Crippen LogP contribution in [0.25, 0.3) is 0 Å². The maximum Gasteiger partial charge on any atom is 0.125 e. The van der Waals surface area contributed by atoms with Crippen molar-refractivity contribution in [2.75, 3.05) is 7.05 Å². The molecule has 0 fully saturated rings. The Morgan fingerprint density at radius 3 is 2.56 bits per heavy atom. The zero-order chi connectivity index (χ0) is 12.4. The number of hydrogen-bond donors (Lipinski definition) is 3. The zero-order valence-electron chi connectivity index (χ0n) is 10.2. The molecule has 0 aromatic carbocycles. The summed E-state index contributed by atoms with van der Waals surface area (Å²) in [7, 11) is 1.78. The molecule has 0 radical (unpaired) electrons. The Morgan fingerprint density at radius 1 is 1.38 bits per heavy atom. The molecule has 4 heteroatoms. The van der Waals surface area contributed by atoms with Crippen LogP contribution in [0.5, 0.6) is 0 Å². The molecule has 0 saturated heterocycles. The predicted molar refractivity (Wildman–Crippen MR) is 69.2 cm³/mol. The normalized spacial score (nSPS) is 14.6. The summed E-state index contributed by atoms with van der Waals surface area (Å²) in [6.45, 7) is 3.88. The van der Waals surface area contributed by atoms with Crippen LogP contribution in [0.15, 0.2) is 40.9 Å². The van der Waals surface area contributed by atoms with Crippen LogP contribution in [-0.2, 0) is 0 Å². The molecular formula is C12H21N3O. The van der Waals surface area contributed by atoms with Gasteiger partial charge in [-0.05, 0) is 24.8 Å². The first-order valence-electron chi connectivity index (χ1n) is 5.42. The minimum Gasteiger partial charge on any atom is -0.510 e. The van der Waals surface area contributed by atoms with Crippen LogP contribution >= 0.6 is 0 Å². The van der Waals surface area contributed by atoms with Gasteiger partial charge in [0.15, 0.2) is 0 Å². The number of allylic oxidation sites excluding steroid dienone is 3. The van der Waals surface area contributed by atoms with Gasteiger partial charge in [-0.3, -0.25) is 0 Å². The molecule has 0 heterocycles. The quantitative estimate of drug-likeness (QED) is 0.280. The van der Waals surface area contributed by atoms with Crippen molar-refractivity contribution >= 4 is 5.84 Å². The maximum atomic E-state index is 9.64. The summed E-state index contributed by atoms with van der Waals surface area (Å²) in [5, 5.41) is 12.5. The second-order valence-electron chi connectivity index (χ2n) is 3.15. The van der Waals surface area contributed by atoms with Gasteiger partial charge in [0.1, 0.15) is 17.3 Å². The molecule has 4 nitrogen and oxygen atoms in total. The molecule has 90 valence electrons. The average Bonchev–Trinajstić information content (AvgIpc) is 2.30. The van der Waals surface area contributed by atoms with E-state index in [1.807, 2.05) is 19.9 Å². The van der Waals surface area contributed by atoms with Crippen LogP contribution in [0.3, 0.4) is 0 Å². The molecule has 0 unspecified atom stereocenters. The summed E-state index contributed by atoms with van der Waals surface area (Å²) < 4.78 is 0. The fourth-order valence-electron chi connectivity index (χ4n) is 0.954. The molecule has 0 aromatic heterocycles. The molecule has 0 amide bonds. The van der Waals surface area contributed by atoms with Crippen LogP contribution < -0.4 is 11.1 Å². The molecule has 0 aliphatic heterocycles. The molecule has 0 aliphatic carbocycles. The van der Waals surface area contributed by atoms with Gasteiger partial charge in [0, 0.05) is 13.5 Å². The van der Waals surface area contributed by atoms with Crippen molar-refractivity contribution < 1.29 is 5.11 Å². The van der Waals surface area contributed by atoms with Crippen molar-refractivity contribution in [2.24, 2.45) is 10.7 Å². The van der Waals surface area contributed by atoms with E-state index in [1.165, 1.54) is 0 Å². The summed E-state index contributed by atoms with van der Waals surface area (Å²) in [5.74, 6) is 0.593. The predicted octanol–water partition coefficient (Wildman–Crippen LogP) is 2.22. The van der Waals surface area contributed by atoms with Crippen LogP contribution in [-0.4, -0.2) is 18.0 Å². The molecule has 0 atom stereocenters. The second kappa shape index (κ2) is 8.59. The lowest BCUT2D eigenvalue weighted by Crippen LogP contribution is -2.10. The van der Waals surface area contributed by atoms with E-state index in [0.29, 0.717) is 18.0 Å². The Bertz CT molecular complexity index is 314. The van der Waals surface area contributed by atoms with E-state index >= 15 is 0 Å². The van der Waals surface area contributed by atoms with Gasteiger partial charge in [-0.2, -0.15) is 0 Å². The third-order valence-corrected chi connectivity index (χ3v) is 1.81. The zero-order valence-corrected chi connectivity index (χ0v) is 10.2. The number of aliphatic imine (C=N–C) groups is 1. The highest BCUT2D eigenvalue weighted by molar-refractivity contribution is 5.92. The Kier molecular flexibility index (Phi) is 7.67. The monoisotopic (exact) mass is 223 g/mol. The topological polar surface area (TPSA) is 70.6 Å². The molecule has 0 aliphatic rings. The lowest BCUT2D eigenvalue weighted by molar-refractivity contribution is 0.388. The Labute approximate surface area is 97.3 Å². The number of hydrogen-bond acceptors (Lipinski definition) is 3. The number of aliphatic hydroxyl groups is 1. The van der Waals surface area contributed by atoms with Crippen molar-refractivity contribution in [1.29, 1.82) is 0 Å². The smallest absolute Gasteiger partial charge is 0.125 e. The number of amidine groups is 1. The summed E-state index contributed by atoms with van der Waals surface area (Å²) in [6.07, 6.45) is 8.46. The van der Waals surface area contributed by atoms with E-state index in [-0.39, 0.29) is 5.76 Å². The highest BCUT2D eigenvalue weighted by Crippen LogP contribution is 2.09. The van der Waals surface area contributed by atoms with Crippen LogP contribution in [0, 0.1) is 0 Å². The summed E-state index contributed by atoms with van der Waals surface area (Å²) in [4.78, 5) is 4.13. The van der Waals surface area contributed by atoms with Gasteiger partial charge in [-0.1, -0.05) is 19.9 Å². The standard InChI is InChI=1S/C12H21N3O/c1-4-6-7-10(11(16)5-2)15-12(13)8-9-14-3/h6-9,14,16H,4-5H2,1-3H3,(H2,13,15)/b7-6-,9-8-,11-10?. The number of nitrogens with two attached hydrogens (primary N) is 1. The minimum atomic E-state index is 0.241. The molecule has 0 rings (SSSR count). The summed E-state index contributed by atoms with van der Waals surface area (Å²) in [5.41, 5.74) is 6.19. The second-order valence-corrected chi connectivity index (χ2v) is 3.15. The van der Waals surface area contributed by atoms with Crippen molar-refractivity contribution in [2.45, 2.75) is 26.7 Å². The summed E-state index contributed by atoms with van der Waals surface area (Å²) in [6, 6.07) is 0. The first kappa shape index (κ1) is 14.3. The molecule has 16 heavy (non-hydrogen) atoms. The molecule has 0 saturated carbocycles. The highest BCUT2D eigenvalue weighted by Gasteiger charge is 1.98. The highest BCUT2D eigenvalue weighted by atomic mass is 16.3. The van der Waals surface area contributed by atoms with E-state index in [1.54, 1.807) is 25.4 Å².